The zero-order valence-electron chi connectivity index (χ0n) is 22.0. The fourth-order valence-electron chi connectivity index (χ4n) is 4.90. The van der Waals surface area contributed by atoms with Crippen LogP contribution in [0, 0.1) is 20.8 Å². The fraction of sp³-hybridized carbons (Fsp3) is 0.152. The minimum Gasteiger partial charge on any atom is -0.508 e. The molecule has 0 spiro atoms. The minimum absolute atomic E-state index is 0.0102. The van der Waals surface area contributed by atoms with Crippen LogP contribution in [0.4, 0.5) is 5.69 Å². The van der Waals surface area contributed by atoms with E-state index in [1.165, 1.54) is 17.0 Å². The smallest absolute Gasteiger partial charge is 0.300 e. The van der Waals surface area contributed by atoms with E-state index in [-0.39, 0.29) is 17.1 Å². The first-order valence-electron chi connectivity index (χ1n) is 12.7. The van der Waals surface area contributed by atoms with Gasteiger partial charge in [0.05, 0.1) is 11.6 Å². The van der Waals surface area contributed by atoms with Crippen LogP contribution in [-0.2, 0) is 16.2 Å². The number of aromatic hydroxyl groups is 1. The number of hydrogen-bond donors (Lipinski definition) is 2. The Morgan fingerprint density at radius 2 is 1.56 bits per heavy atom. The summed E-state index contributed by atoms with van der Waals surface area (Å²) < 4.78 is 5.97. The number of amides is 1. The van der Waals surface area contributed by atoms with E-state index in [2.05, 4.69) is 0 Å². The number of aryl methyl sites for hydroxylation is 2. The molecule has 6 nitrogen and oxygen atoms in total. The highest BCUT2D eigenvalue weighted by Gasteiger charge is 2.47. The average molecular weight is 520 g/mol. The number of anilines is 1. The van der Waals surface area contributed by atoms with E-state index < -0.39 is 17.7 Å². The highest BCUT2D eigenvalue weighted by molar-refractivity contribution is 6.51. The van der Waals surface area contributed by atoms with E-state index in [9.17, 15) is 19.8 Å². The maximum Gasteiger partial charge on any atom is 0.300 e. The molecule has 0 bridgehead atoms. The van der Waals surface area contributed by atoms with E-state index in [0.29, 0.717) is 29.2 Å². The largest absolute Gasteiger partial charge is 0.508 e. The molecule has 0 aromatic heterocycles. The van der Waals surface area contributed by atoms with E-state index in [0.717, 1.165) is 22.3 Å². The lowest BCUT2D eigenvalue weighted by Crippen LogP contribution is -2.30. The van der Waals surface area contributed by atoms with Gasteiger partial charge in [-0.25, -0.2) is 0 Å². The van der Waals surface area contributed by atoms with Crippen LogP contribution in [0.1, 0.15) is 39.4 Å². The number of nitrogens with zero attached hydrogens (tertiary/aromatic N) is 1. The Morgan fingerprint density at radius 1 is 0.846 bits per heavy atom. The summed E-state index contributed by atoms with van der Waals surface area (Å²) >= 11 is 0. The molecule has 1 atom stereocenters. The van der Waals surface area contributed by atoms with Gasteiger partial charge in [0, 0.05) is 11.3 Å². The Morgan fingerprint density at radius 3 is 2.26 bits per heavy atom. The molecule has 1 fully saturated rings. The monoisotopic (exact) mass is 519 g/mol. The summed E-state index contributed by atoms with van der Waals surface area (Å²) in [6.07, 6.45) is 0. The highest BCUT2D eigenvalue weighted by atomic mass is 16.5. The Bertz CT molecular complexity index is 1590. The second kappa shape index (κ2) is 10.5. The van der Waals surface area contributed by atoms with Crippen molar-refractivity contribution in [3.63, 3.8) is 0 Å². The number of rotatable bonds is 6. The van der Waals surface area contributed by atoms with Crippen LogP contribution in [-0.4, -0.2) is 21.9 Å². The topological polar surface area (TPSA) is 87.1 Å². The fourth-order valence-corrected chi connectivity index (χ4v) is 4.90. The lowest BCUT2D eigenvalue weighted by molar-refractivity contribution is -0.132. The number of benzene rings is 4. The molecule has 4 aromatic carbocycles. The molecule has 6 heteroatoms. The first kappa shape index (κ1) is 25.8. The van der Waals surface area contributed by atoms with Gasteiger partial charge in [-0.2, -0.15) is 0 Å². The van der Waals surface area contributed by atoms with Crippen molar-refractivity contribution in [2.24, 2.45) is 0 Å². The van der Waals surface area contributed by atoms with Crippen molar-refractivity contribution in [1.29, 1.82) is 0 Å². The maximum atomic E-state index is 13.5. The molecule has 1 aliphatic rings. The number of phenols is 1. The SMILES string of the molecule is Cc1cc(/C(O)=C2\C(=O)C(=O)N(c3cccc(C)c3C)C2c2ccc(O)cc2)ccc1OCc1ccccc1. The lowest BCUT2D eigenvalue weighted by Gasteiger charge is -2.27. The van der Waals surface area contributed by atoms with Gasteiger partial charge < -0.3 is 14.9 Å². The van der Waals surface area contributed by atoms with E-state index in [1.807, 2.05) is 63.2 Å². The normalized spacial score (nSPS) is 16.5. The molecular weight excluding hydrogens is 490 g/mol. The van der Waals surface area contributed by atoms with E-state index in [4.69, 9.17) is 4.74 Å². The second-order valence-corrected chi connectivity index (χ2v) is 9.73. The predicted octanol–water partition coefficient (Wildman–Crippen LogP) is 6.52. The summed E-state index contributed by atoms with van der Waals surface area (Å²) in [4.78, 5) is 28.4. The number of ketones is 1. The standard InChI is InChI=1S/C33H29NO5/c1-20-8-7-11-27(22(20)3)34-30(24-12-15-26(35)16-13-24)29(32(37)33(34)38)31(36)25-14-17-28(21(2)18-25)39-19-23-9-5-4-6-10-23/h4-18,30,35-36H,19H2,1-3H3/b31-29+. The third-order valence-electron chi connectivity index (χ3n) is 7.17. The predicted molar refractivity (Wildman–Crippen MR) is 151 cm³/mol. The number of carbonyl (C=O) groups excluding carboxylic acids is 2. The Hall–Kier alpha value is -4.84. The molecule has 4 aromatic rings. The number of Topliss-reactive ketones (excluding diaryl/α,β-unsaturated/α-hetero) is 1. The number of phenolic OH excluding ortho intramolecular Hbond substituents is 1. The first-order valence-corrected chi connectivity index (χ1v) is 12.7. The number of aliphatic hydroxyl groups is 1. The van der Waals surface area contributed by atoms with Crippen LogP contribution >= 0.6 is 0 Å². The summed E-state index contributed by atoms with van der Waals surface area (Å²) in [5.41, 5.74) is 5.22. The molecule has 0 radical (unpaired) electrons. The molecule has 1 saturated heterocycles. The Kier molecular flexibility index (Phi) is 6.94. The molecule has 5 rings (SSSR count). The molecule has 1 unspecified atom stereocenters. The lowest BCUT2D eigenvalue weighted by atomic mass is 9.94. The van der Waals surface area contributed by atoms with Crippen LogP contribution in [0.3, 0.4) is 0 Å². The van der Waals surface area contributed by atoms with E-state index in [1.54, 1.807) is 36.4 Å². The third-order valence-corrected chi connectivity index (χ3v) is 7.17. The van der Waals surface area contributed by atoms with Gasteiger partial charge >= 0.3 is 0 Å². The highest BCUT2D eigenvalue weighted by Crippen LogP contribution is 2.44. The minimum atomic E-state index is -0.875. The van der Waals surface area contributed by atoms with Gasteiger partial charge in [-0.3, -0.25) is 14.5 Å². The zero-order valence-corrected chi connectivity index (χ0v) is 22.0. The molecule has 1 heterocycles. The van der Waals surface area contributed by atoms with E-state index >= 15 is 0 Å². The van der Waals surface area contributed by atoms with Crippen molar-refractivity contribution in [2.75, 3.05) is 4.90 Å². The third kappa shape index (κ3) is 4.89. The average Bonchev–Trinajstić information content (AvgIpc) is 3.20. The summed E-state index contributed by atoms with van der Waals surface area (Å²) in [6, 6.07) is 26.0. The van der Waals surface area contributed by atoms with Crippen molar-refractivity contribution in [3.05, 3.63) is 130 Å². The van der Waals surface area contributed by atoms with Gasteiger partial charge in [0.2, 0.25) is 0 Å². The number of carbonyl (C=O) groups is 2. The van der Waals surface area contributed by atoms with Gasteiger partial charge in [0.25, 0.3) is 11.7 Å². The van der Waals surface area contributed by atoms with Crippen LogP contribution in [0.15, 0.2) is 96.6 Å². The second-order valence-electron chi connectivity index (χ2n) is 9.73. The molecule has 0 aliphatic carbocycles. The molecule has 1 aliphatic heterocycles. The van der Waals surface area contributed by atoms with Crippen LogP contribution in [0.25, 0.3) is 5.76 Å². The maximum absolute atomic E-state index is 13.5. The van der Waals surface area contributed by atoms with Crippen molar-refractivity contribution < 1.29 is 24.5 Å². The molecule has 0 saturated carbocycles. The number of hydrogen-bond acceptors (Lipinski definition) is 5. The Balaban J connectivity index is 1.58. The molecular formula is C33H29NO5. The van der Waals surface area contributed by atoms with Crippen LogP contribution < -0.4 is 9.64 Å². The van der Waals surface area contributed by atoms with Crippen LogP contribution in [0.2, 0.25) is 0 Å². The van der Waals surface area contributed by atoms with Crippen LogP contribution in [0.5, 0.6) is 11.5 Å². The Labute approximate surface area is 227 Å². The van der Waals surface area contributed by atoms with Gasteiger partial charge in [-0.15, -0.1) is 0 Å². The number of aliphatic hydroxyl groups excluding tert-OH is 1. The summed E-state index contributed by atoms with van der Waals surface area (Å²) in [6.45, 7) is 6.10. The van der Waals surface area contributed by atoms with Crippen molar-refractivity contribution in [3.8, 4) is 11.5 Å². The van der Waals surface area contributed by atoms with Crippen molar-refractivity contribution >= 4 is 23.1 Å². The zero-order chi connectivity index (χ0) is 27.7. The van der Waals surface area contributed by atoms with Crippen molar-refractivity contribution in [2.45, 2.75) is 33.4 Å². The van der Waals surface area contributed by atoms with Gasteiger partial charge in [-0.1, -0.05) is 54.6 Å². The molecule has 2 N–H and O–H groups in total. The van der Waals surface area contributed by atoms with Crippen molar-refractivity contribution in [1.82, 2.24) is 0 Å². The summed E-state index contributed by atoms with van der Waals surface area (Å²) in [5, 5.41) is 21.4. The first-order chi connectivity index (χ1) is 18.8. The number of ether oxygens (including phenoxy) is 1. The summed E-state index contributed by atoms with van der Waals surface area (Å²) in [5.74, 6) is -1.04. The van der Waals surface area contributed by atoms with Gasteiger partial charge in [-0.05, 0) is 85.0 Å². The van der Waals surface area contributed by atoms with Gasteiger partial charge in [0.1, 0.15) is 23.9 Å². The quantitative estimate of drug-likeness (QED) is 0.172. The molecule has 39 heavy (non-hydrogen) atoms. The van der Waals surface area contributed by atoms with Gasteiger partial charge in [0.15, 0.2) is 0 Å². The summed E-state index contributed by atoms with van der Waals surface area (Å²) in [7, 11) is 0. The molecule has 196 valence electrons. The molecule has 1 amide bonds.